The van der Waals surface area contributed by atoms with Gasteiger partial charge in [0.05, 0.1) is 22.1 Å². The molecule has 0 N–H and O–H groups in total. The van der Waals surface area contributed by atoms with Crippen molar-refractivity contribution in [3.63, 3.8) is 0 Å². The van der Waals surface area contributed by atoms with Gasteiger partial charge >= 0.3 is 0 Å². The SMILES string of the molecule is c1ccc(-n2c3ccc(-c4cccc5c4oc4ccccc45)cc3n3c4ccccc4nc23)cc1. The van der Waals surface area contributed by atoms with E-state index in [0.29, 0.717) is 0 Å². The minimum absolute atomic E-state index is 0.909. The second kappa shape index (κ2) is 6.84. The Morgan fingerprint density at radius 2 is 1.40 bits per heavy atom. The monoisotopic (exact) mass is 449 g/mol. The van der Waals surface area contributed by atoms with Crippen molar-refractivity contribution >= 4 is 49.8 Å². The van der Waals surface area contributed by atoms with Gasteiger partial charge in [-0.3, -0.25) is 8.97 Å². The van der Waals surface area contributed by atoms with E-state index in [1.165, 1.54) is 0 Å². The molecule has 0 aliphatic rings. The topological polar surface area (TPSA) is 35.4 Å². The van der Waals surface area contributed by atoms with Crippen molar-refractivity contribution in [3.05, 3.63) is 115 Å². The lowest BCUT2D eigenvalue weighted by Crippen LogP contribution is -1.94. The summed E-state index contributed by atoms with van der Waals surface area (Å²) < 4.78 is 10.8. The number of furan rings is 1. The second-order valence-corrected chi connectivity index (χ2v) is 8.89. The molecule has 0 aliphatic carbocycles. The van der Waals surface area contributed by atoms with E-state index in [1.807, 2.05) is 24.3 Å². The van der Waals surface area contributed by atoms with E-state index in [-0.39, 0.29) is 0 Å². The quantitative estimate of drug-likeness (QED) is 0.268. The van der Waals surface area contributed by atoms with Gasteiger partial charge in [0.1, 0.15) is 11.2 Å². The van der Waals surface area contributed by atoms with Gasteiger partial charge in [-0.1, -0.05) is 72.8 Å². The molecule has 4 heteroatoms. The van der Waals surface area contributed by atoms with Crippen LogP contribution in [0.25, 0.3) is 66.6 Å². The van der Waals surface area contributed by atoms with E-state index in [9.17, 15) is 0 Å². The summed E-state index contributed by atoms with van der Waals surface area (Å²) >= 11 is 0. The summed E-state index contributed by atoms with van der Waals surface area (Å²) in [4.78, 5) is 5.02. The maximum Gasteiger partial charge on any atom is 0.220 e. The zero-order valence-electron chi connectivity index (χ0n) is 18.7. The highest BCUT2D eigenvalue weighted by molar-refractivity contribution is 6.10. The predicted octanol–water partition coefficient (Wildman–Crippen LogP) is 8.00. The van der Waals surface area contributed by atoms with Crippen molar-refractivity contribution in [2.24, 2.45) is 0 Å². The van der Waals surface area contributed by atoms with E-state index >= 15 is 0 Å². The Morgan fingerprint density at radius 1 is 0.600 bits per heavy atom. The van der Waals surface area contributed by atoms with Crippen molar-refractivity contribution in [2.75, 3.05) is 0 Å². The fourth-order valence-electron chi connectivity index (χ4n) is 5.37. The van der Waals surface area contributed by atoms with E-state index in [1.54, 1.807) is 0 Å². The molecule has 0 spiro atoms. The molecule has 35 heavy (non-hydrogen) atoms. The molecule has 4 nitrogen and oxygen atoms in total. The number of imidazole rings is 2. The van der Waals surface area contributed by atoms with Crippen LogP contribution < -0.4 is 0 Å². The van der Waals surface area contributed by atoms with Crippen molar-refractivity contribution in [1.29, 1.82) is 0 Å². The van der Waals surface area contributed by atoms with Crippen molar-refractivity contribution in [2.45, 2.75) is 0 Å². The molecule has 0 bridgehead atoms. The van der Waals surface area contributed by atoms with Gasteiger partial charge in [-0.15, -0.1) is 0 Å². The lowest BCUT2D eigenvalue weighted by Gasteiger charge is -2.07. The highest BCUT2D eigenvalue weighted by atomic mass is 16.3. The maximum absolute atomic E-state index is 6.34. The van der Waals surface area contributed by atoms with Crippen LogP contribution in [0.15, 0.2) is 120 Å². The summed E-state index contributed by atoms with van der Waals surface area (Å²) in [5, 5.41) is 2.28. The summed E-state index contributed by atoms with van der Waals surface area (Å²) in [5.41, 5.74) is 9.44. The minimum atomic E-state index is 0.909. The summed E-state index contributed by atoms with van der Waals surface area (Å²) in [6.45, 7) is 0. The minimum Gasteiger partial charge on any atom is -0.455 e. The number of aromatic nitrogens is 3. The van der Waals surface area contributed by atoms with Crippen molar-refractivity contribution < 1.29 is 4.42 Å². The number of nitrogens with zero attached hydrogens (tertiary/aromatic N) is 3. The van der Waals surface area contributed by atoms with Gasteiger partial charge < -0.3 is 4.42 Å². The number of hydrogen-bond acceptors (Lipinski definition) is 2. The van der Waals surface area contributed by atoms with Crippen LogP contribution in [0.4, 0.5) is 0 Å². The zero-order valence-corrected chi connectivity index (χ0v) is 18.7. The first kappa shape index (κ1) is 18.6. The van der Waals surface area contributed by atoms with Gasteiger partial charge in [0, 0.05) is 22.0 Å². The molecule has 3 aromatic heterocycles. The Labute approximate surface area is 200 Å². The van der Waals surface area contributed by atoms with Gasteiger partial charge in [0.2, 0.25) is 5.78 Å². The fraction of sp³-hybridized carbons (Fsp3) is 0. The summed E-state index contributed by atoms with van der Waals surface area (Å²) in [6, 6.07) is 40.0. The van der Waals surface area contributed by atoms with Crippen LogP contribution in [0, 0.1) is 0 Å². The Kier molecular flexibility index (Phi) is 3.63. The Bertz CT molecular complexity index is 2060. The molecule has 164 valence electrons. The van der Waals surface area contributed by atoms with Crippen LogP contribution in [-0.4, -0.2) is 14.0 Å². The normalized spacial score (nSPS) is 12.0. The number of hydrogen-bond donors (Lipinski definition) is 0. The van der Waals surface area contributed by atoms with E-state index < -0.39 is 0 Å². The maximum atomic E-state index is 6.34. The van der Waals surface area contributed by atoms with Gasteiger partial charge in [-0.25, -0.2) is 4.98 Å². The number of rotatable bonds is 2. The Balaban J connectivity index is 1.48. The van der Waals surface area contributed by atoms with E-state index in [4.69, 9.17) is 9.40 Å². The largest absolute Gasteiger partial charge is 0.455 e. The third-order valence-corrected chi connectivity index (χ3v) is 6.93. The molecule has 5 aromatic carbocycles. The average molecular weight is 450 g/mol. The van der Waals surface area contributed by atoms with Crippen molar-refractivity contribution in [3.8, 4) is 16.8 Å². The third-order valence-electron chi connectivity index (χ3n) is 6.93. The Hall–Kier alpha value is -4.83. The molecule has 0 amide bonds. The van der Waals surface area contributed by atoms with Crippen LogP contribution >= 0.6 is 0 Å². The van der Waals surface area contributed by atoms with Gasteiger partial charge in [-0.2, -0.15) is 0 Å². The van der Waals surface area contributed by atoms with E-state index in [2.05, 4.69) is 100.0 Å². The highest BCUT2D eigenvalue weighted by Gasteiger charge is 2.19. The molecule has 8 aromatic rings. The first-order valence-electron chi connectivity index (χ1n) is 11.7. The number of para-hydroxylation sites is 5. The van der Waals surface area contributed by atoms with Crippen molar-refractivity contribution in [1.82, 2.24) is 14.0 Å². The Morgan fingerprint density at radius 3 is 2.34 bits per heavy atom. The summed E-state index contributed by atoms with van der Waals surface area (Å²) in [6.07, 6.45) is 0. The lowest BCUT2D eigenvalue weighted by molar-refractivity contribution is 0.670. The highest BCUT2D eigenvalue weighted by Crippen LogP contribution is 2.38. The molecule has 0 atom stereocenters. The zero-order chi connectivity index (χ0) is 22.9. The van der Waals surface area contributed by atoms with Crippen LogP contribution in [-0.2, 0) is 0 Å². The predicted molar refractivity (Wildman–Crippen MR) is 142 cm³/mol. The fourth-order valence-corrected chi connectivity index (χ4v) is 5.37. The van der Waals surface area contributed by atoms with Crippen LogP contribution in [0.2, 0.25) is 0 Å². The molecule has 0 saturated heterocycles. The lowest BCUT2D eigenvalue weighted by atomic mass is 10.0. The van der Waals surface area contributed by atoms with E-state index in [0.717, 1.165) is 66.6 Å². The smallest absolute Gasteiger partial charge is 0.220 e. The molecule has 0 unspecified atom stereocenters. The first-order valence-corrected chi connectivity index (χ1v) is 11.7. The summed E-state index contributed by atoms with van der Waals surface area (Å²) in [5.74, 6) is 0.909. The van der Waals surface area contributed by atoms with Gasteiger partial charge in [0.15, 0.2) is 0 Å². The third kappa shape index (κ3) is 2.53. The molecule has 0 aliphatic heterocycles. The number of benzene rings is 5. The molecule has 0 fully saturated rings. The standard InChI is InChI=1S/C31H19N3O/c1-2-9-21(10-3-1)33-27-18-17-20(19-28(27)34-26-15-6-5-14-25(26)32-31(33)34)22-12-8-13-24-23-11-4-7-16-29(23)35-30(22)24/h1-19H. The molecule has 8 rings (SSSR count). The average Bonchev–Trinajstić information content (AvgIpc) is 3.57. The molecule has 0 radical (unpaired) electrons. The van der Waals surface area contributed by atoms with Gasteiger partial charge in [0.25, 0.3) is 0 Å². The molecule has 0 saturated carbocycles. The molecular formula is C31H19N3O. The van der Waals surface area contributed by atoms with Crippen LogP contribution in [0.5, 0.6) is 0 Å². The molecular weight excluding hydrogens is 430 g/mol. The summed E-state index contributed by atoms with van der Waals surface area (Å²) in [7, 11) is 0. The van der Waals surface area contributed by atoms with Crippen LogP contribution in [0.3, 0.4) is 0 Å². The molecule has 3 heterocycles. The van der Waals surface area contributed by atoms with Crippen LogP contribution in [0.1, 0.15) is 0 Å². The number of fused-ring (bicyclic) bond motifs is 8. The second-order valence-electron chi connectivity index (χ2n) is 8.89. The van der Waals surface area contributed by atoms with Gasteiger partial charge in [-0.05, 0) is 48.0 Å². The first-order chi connectivity index (χ1) is 17.4.